The lowest BCUT2D eigenvalue weighted by molar-refractivity contribution is 0.570. The van der Waals surface area contributed by atoms with E-state index < -0.39 is 0 Å². The quantitative estimate of drug-likeness (QED) is 0.423. The summed E-state index contributed by atoms with van der Waals surface area (Å²) in [7, 11) is 0. The summed E-state index contributed by atoms with van der Waals surface area (Å²) in [6.07, 6.45) is 15.4. The zero-order valence-electron chi connectivity index (χ0n) is 15.3. The molecule has 1 heterocycles. The molecule has 3 heteroatoms. The number of nitrogens with zero attached hydrogens (tertiary/aromatic N) is 1. The van der Waals surface area contributed by atoms with E-state index in [-0.39, 0.29) is 5.05 Å². The van der Waals surface area contributed by atoms with Gasteiger partial charge in [-0.05, 0) is 83.6 Å². The van der Waals surface area contributed by atoms with Crippen LogP contribution in [0, 0.1) is 0 Å². The number of allylic oxidation sites excluding steroid dienone is 6. The van der Waals surface area contributed by atoms with E-state index in [0.29, 0.717) is 5.56 Å². The number of aliphatic hydroxyl groups is 1. The molecule has 0 saturated heterocycles. The van der Waals surface area contributed by atoms with Gasteiger partial charge in [0.2, 0.25) is 0 Å². The largest absolute Gasteiger partial charge is 0.498 e. The van der Waals surface area contributed by atoms with E-state index >= 15 is 0 Å². The van der Waals surface area contributed by atoms with E-state index in [2.05, 4.69) is 50.9 Å². The molecule has 24 heavy (non-hydrogen) atoms. The monoisotopic (exact) mass is 343 g/mol. The molecular weight excluding hydrogens is 314 g/mol. The summed E-state index contributed by atoms with van der Waals surface area (Å²) in [6.45, 7) is 8.66. The molecule has 2 nitrogen and oxygen atoms in total. The Kier molecular flexibility index (Phi) is 9.24. The lowest BCUT2D eigenvalue weighted by Crippen LogP contribution is -2.01. The Labute approximate surface area is 152 Å². The Bertz CT molecular complexity index is 637. The van der Waals surface area contributed by atoms with E-state index in [4.69, 9.17) is 12.2 Å². The Balaban J connectivity index is 2.48. The molecule has 0 aromatic carbocycles. The second-order valence-corrected chi connectivity index (χ2v) is 6.89. The fourth-order valence-corrected chi connectivity index (χ4v) is 2.60. The molecule has 0 unspecified atom stereocenters. The van der Waals surface area contributed by atoms with Crippen molar-refractivity contribution in [3.8, 4) is 0 Å². The predicted molar refractivity (Wildman–Crippen MR) is 108 cm³/mol. The van der Waals surface area contributed by atoms with Gasteiger partial charge in [-0.3, -0.25) is 4.98 Å². The summed E-state index contributed by atoms with van der Waals surface area (Å²) in [5.74, 6) is 0. The highest BCUT2D eigenvalue weighted by Gasteiger charge is 2.05. The number of rotatable bonds is 9. The van der Waals surface area contributed by atoms with Crippen molar-refractivity contribution in [1.29, 1.82) is 0 Å². The molecule has 0 atom stereocenters. The molecule has 1 aromatic heterocycles. The molecular formula is C21H29NOS. The predicted octanol–water partition coefficient (Wildman–Crippen LogP) is 6.28. The maximum Gasteiger partial charge on any atom is 0.190 e. The van der Waals surface area contributed by atoms with Gasteiger partial charge in [-0.15, -0.1) is 0 Å². The van der Waals surface area contributed by atoms with Crippen molar-refractivity contribution in [3.63, 3.8) is 0 Å². The smallest absolute Gasteiger partial charge is 0.190 e. The van der Waals surface area contributed by atoms with Crippen LogP contribution in [0.5, 0.6) is 0 Å². The van der Waals surface area contributed by atoms with Crippen LogP contribution in [-0.2, 0) is 6.42 Å². The third-order valence-electron chi connectivity index (χ3n) is 3.93. The first-order chi connectivity index (χ1) is 11.4. The molecule has 0 bridgehead atoms. The Morgan fingerprint density at radius 1 is 1.04 bits per heavy atom. The van der Waals surface area contributed by atoms with Crippen LogP contribution >= 0.6 is 12.2 Å². The molecule has 0 saturated carbocycles. The summed E-state index contributed by atoms with van der Waals surface area (Å²) in [4.78, 5) is 4.02. The second-order valence-electron chi connectivity index (χ2n) is 6.50. The normalized spacial score (nSPS) is 12.2. The maximum absolute atomic E-state index is 9.54. The standard InChI is InChI=1S/C21H29NOS/c1-16(2)7-5-8-17(3)9-6-10-18(4)11-12-19-13-14-22-15-20(19)21(23)24/h7,9,11,13-15H,5-6,8,10,12H2,1-4H3,(H,23,24). The highest BCUT2D eigenvalue weighted by Crippen LogP contribution is 2.14. The van der Waals surface area contributed by atoms with Gasteiger partial charge in [0, 0.05) is 18.0 Å². The van der Waals surface area contributed by atoms with E-state index in [1.165, 1.54) is 16.7 Å². The minimum atomic E-state index is -0.0842. The van der Waals surface area contributed by atoms with Crippen LogP contribution in [0.2, 0.25) is 0 Å². The topological polar surface area (TPSA) is 33.1 Å². The van der Waals surface area contributed by atoms with Crippen LogP contribution in [0.3, 0.4) is 0 Å². The van der Waals surface area contributed by atoms with Gasteiger partial charge in [0.05, 0.1) is 0 Å². The van der Waals surface area contributed by atoms with Gasteiger partial charge in [-0.2, -0.15) is 0 Å². The van der Waals surface area contributed by atoms with E-state index in [1.54, 1.807) is 12.4 Å². The highest BCUT2D eigenvalue weighted by atomic mass is 32.1. The zero-order chi connectivity index (χ0) is 17.9. The molecule has 0 aliphatic heterocycles. The van der Waals surface area contributed by atoms with Gasteiger partial charge in [-0.1, -0.05) is 34.9 Å². The summed E-state index contributed by atoms with van der Waals surface area (Å²) in [5.41, 5.74) is 5.88. The molecule has 0 fully saturated rings. The van der Waals surface area contributed by atoms with Crippen molar-refractivity contribution in [2.45, 2.75) is 59.8 Å². The summed E-state index contributed by atoms with van der Waals surface area (Å²) in [5, 5.41) is 9.45. The Hall–Kier alpha value is -1.74. The zero-order valence-corrected chi connectivity index (χ0v) is 16.1. The van der Waals surface area contributed by atoms with Crippen LogP contribution in [0.25, 0.3) is 0 Å². The first-order valence-electron chi connectivity index (χ1n) is 8.51. The van der Waals surface area contributed by atoms with E-state index in [0.717, 1.165) is 37.7 Å². The highest BCUT2D eigenvalue weighted by molar-refractivity contribution is 7.80. The van der Waals surface area contributed by atoms with Crippen LogP contribution < -0.4 is 0 Å². The molecule has 130 valence electrons. The first-order valence-corrected chi connectivity index (χ1v) is 8.91. The third kappa shape index (κ3) is 8.21. The van der Waals surface area contributed by atoms with Crippen LogP contribution in [0.15, 0.2) is 53.4 Å². The maximum atomic E-state index is 9.54. The summed E-state index contributed by atoms with van der Waals surface area (Å²) in [6, 6.07) is 1.91. The van der Waals surface area contributed by atoms with Crippen molar-refractivity contribution < 1.29 is 5.11 Å². The minimum absolute atomic E-state index is 0.0842. The number of hydrogen-bond acceptors (Lipinski definition) is 2. The lowest BCUT2D eigenvalue weighted by atomic mass is 10.0. The van der Waals surface area contributed by atoms with Crippen molar-refractivity contribution >= 4 is 17.3 Å². The number of hydrogen-bond donors (Lipinski definition) is 1. The molecule has 0 radical (unpaired) electrons. The van der Waals surface area contributed by atoms with Gasteiger partial charge >= 0.3 is 0 Å². The van der Waals surface area contributed by atoms with Gasteiger partial charge in [0.1, 0.15) is 0 Å². The molecule has 1 N–H and O–H groups in total. The molecule has 0 amide bonds. The summed E-state index contributed by atoms with van der Waals surface area (Å²) >= 11 is 4.86. The van der Waals surface area contributed by atoms with E-state index in [9.17, 15) is 5.11 Å². The number of aliphatic hydroxyl groups excluding tert-OH is 1. The van der Waals surface area contributed by atoms with Gasteiger partial charge in [-0.25, -0.2) is 0 Å². The van der Waals surface area contributed by atoms with Crippen molar-refractivity contribution in [2.75, 3.05) is 0 Å². The third-order valence-corrected chi connectivity index (χ3v) is 4.15. The van der Waals surface area contributed by atoms with Crippen molar-refractivity contribution in [3.05, 3.63) is 64.5 Å². The van der Waals surface area contributed by atoms with E-state index in [1.807, 2.05) is 6.07 Å². The van der Waals surface area contributed by atoms with Crippen LogP contribution in [0.4, 0.5) is 0 Å². The lowest BCUT2D eigenvalue weighted by Gasteiger charge is -2.05. The SMILES string of the molecule is CC(C)=CCCC(C)=CCCC(C)=CCc1ccncc1C(O)=S. The summed E-state index contributed by atoms with van der Waals surface area (Å²) < 4.78 is 0. The fraction of sp³-hybridized carbons (Fsp3) is 0.429. The molecule has 0 aliphatic rings. The molecule has 1 aromatic rings. The number of thiocarbonyl (C=S) groups is 1. The second kappa shape index (κ2) is 10.9. The molecule has 0 aliphatic carbocycles. The van der Waals surface area contributed by atoms with Gasteiger partial charge in [0.15, 0.2) is 5.05 Å². The Morgan fingerprint density at radius 2 is 1.67 bits per heavy atom. The molecule has 0 spiro atoms. The van der Waals surface area contributed by atoms with Crippen LogP contribution in [0.1, 0.15) is 64.5 Å². The minimum Gasteiger partial charge on any atom is -0.498 e. The number of pyridine rings is 1. The molecule has 1 rings (SSSR count). The van der Waals surface area contributed by atoms with Gasteiger partial charge in [0.25, 0.3) is 0 Å². The fourth-order valence-electron chi connectivity index (χ4n) is 2.42. The first kappa shape index (κ1) is 20.3. The average molecular weight is 344 g/mol. The van der Waals surface area contributed by atoms with Crippen molar-refractivity contribution in [1.82, 2.24) is 4.98 Å². The Morgan fingerprint density at radius 3 is 2.29 bits per heavy atom. The number of aromatic nitrogens is 1. The van der Waals surface area contributed by atoms with Crippen LogP contribution in [-0.4, -0.2) is 15.1 Å². The van der Waals surface area contributed by atoms with Crippen molar-refractivity contribution in [2.24, 2.45) is 0 Å². The van der Waals surface area contributed by atoms with Gasteiger partial charge < -0.3 is 5.11 Å². The average Bonchev–Trinajstić information content (AvgIpc) is 2.52.